The number of nitrogens with one attached hydrogen (secondary N) is 1. The highest BCUT2D eigenvalue weighted by atomic mass is 79.9. The monoisotopic (exact) mass is 388 g/mol. The van der Waals surface area contributed by atoms with Gasteiger partial charge in [0.2, 0.25) is 0 Å². The van der Waals surface area contributed by atoms with Gasteiger partial charge in [-0.25, -0.2) is 8.78 Å². The molecular weight excluding hydrogens is 374 g/mol. The number of amides is 1. The minimum atomic E-state index is -3.14. The summed E-state index contributed by atoms with van der Waals surface area (Å²) in [7, 11) is 0. The van der Waals surface area contributed by atoms with Crippen molar-refractivity contribution in [3.8, 4) is 5.75 Å². The predicted octanol–water partition coefficient (Wildman–Crippen LogP) is 2.94. The van der Waals surface area contributed by atoms with Crippen molar-refractivity contribution in [2.24, 2.45) is 5.73 Å². The molecule has 23 heavy (non-hydrogen) atoms. The summed E-state index contributed by atoms with van der Waals surface area (Å²) in [5.41, 5.74) is 4.90. The van der Waals surface area contributed by atoms with E-state index in [-0.39, 0.29) is 12.4 Å². The fourth-order valence-electron chi connectivity index (χ4n) is 1.66. The lowest BCUT2D eigenvalue weighted by atomic mass is 10.3. The van der Waals surface area contributed by atoms with Crippen molar-refractivity contribution in [2.45, 2.75) is 12.5 Å². The maximum Gasteiger partial charge on any atom is 0.287 e. The molecule has 0 bridgehead atoms. The summed E-state index contributed by atoms with van der Waals surface area (Å²) < 4.78 is 37.6. The Bertz CT molecular complexity index is 676. The van der Waals surface area contributed by atoms with Gasteiger partial charge in [0.05, 0.1) is 13.1 Å². The Kier molecular flexibility index (Phi) is 5.73. The van der Waals surface area contributed by atoms with Gasteiger partial charge < -0.3 is 20.2 Å². The summed E-state index contributed by atoms with van der Waals surface area (Å²) >= 11 is 3.32. The van der Waals surface area contributed by atoms with Crippen molar-refractivity contribution in [3.05, 3.63) is 52.4 Å². The number of hydrogen-bond donors (Lipinski definition) is 2. The van der Waals surface area contributed by atoms with E-state index in [1.54, 1.807) is 18.2 Å². The molecule has 0 aliphatic rings. The number of ether oxygens (including phenoxy) is 1. The fourth-order valence-corrected chi connectivity index (χ4v) is 2.04. The molecule has 124 valence electrons. The number of benzene rings is 1. The van der Waals surface area contributed by atoms with E-state index >= 15 is 0 Å². The Balaban J connectivity index is 1.89. The van der Waals surface area contributed by atoms with E-state index in [0.29, 0.717) is 11.5 Å². The number of carbonyl (C=O) groups excluding carboxylic acids is 1. The van der Waals surface area contributed by atoms with Crippen molar-refractivity contribution in [2.75, 3.05) is 13.1 Å². The van der Waals surface area contributed by atoms with Crippen LogP contribution < -0.4 is 15.8 Å². The Morgan fingerprint density at radius 3 is 2.83 bits per heavy atom. The normalized spacial score (nSPS) is 11.3. The van der Waals surface area contributed by atoms with Crippen LogP contribution in [-0.2, 0) is 6.61 Å². The summed E-state index contributed by atoms with van der Waals surface area (Å²) in [6.07, 6.45) is 0. The molecule has 1 amide bonds. The van der Waals surface area contributed by atoms with Gasteiger partial charge in [0, 0.05) is 4.47 Å². The van der Waals surface area contributed by atoms with Gasteiger partial charge in [-0.15, -0.1) is 0 Å². The summed E-state index contributed by atoms with van der Waals surface area (Å²) in [5, 5.41) is 2.08. The summed E-state index contributed by atoms with van der Waals surface area (Å²) in [4.78, 5) is 11.7. The molecule has 0 spiro atoms. The van der Waals surface area contributed by atoms with Crippen LogP contribution in [0.4, 0.5) is 8.78 Å². The van der Waals surface area contributed by atoms with Crippen LogP contribution >= 0.6 is 15.9 Å². The Morgan fingerprint density at radius 1 is 1.35 bits per heavy atom. The van der Waals surface area contributed by atoms with Crippen LogP contribution in [0.3, 0.4) is 0 Å². The number of rotatable bonds is 7. The molecule has 0 radical (unpaired) electrons. The molecule has 1 aromatic heterocycles. The second-order valence-electron chi connectivity index (χ2n) is 4.75. The zero-order valence-electron chi connectivity index (χ0n) is 12.0. The van der Waals surface area contributed by atoms with Crippen molar-refractivity contribution in [1.82, 2.24) is 5.32 Å². The second-order valence-corrected chi connectivity index (χ2v) is 5.67. The Morgan fingerprint density at radius 2 is 2.13 bits per heavy atom. The van der Waals surface area contributed by atoms with Crippen molar-refractivity contribution in [1.29, 1.82) is 0 Å². The van der Waals surface area contributed by atoms with Gasteiger partial charge in [0.15, 0.2) is 5.76 Å². The van der Waals surface area contributed by atoms with E-state index in [0.717, 1.165) is 4.47 Å². The first-order valence-corrected chi connectivity index (χ1v) is 7.52. The number of carbonyl (C=O) groups is 1. The van der Waals surface area contributed by atoms with Gasteiger partial charge in [-0.1, -0.05) is 22.0 Å². The lowest BCUT2D eigenvalue weighted by Gasteiger charge is -2.13. The lowest BCUT2D eigenvalue weighted by molar-refractivity contribution is 0.0115. The third-order valence-corrected chi connectivity index (χ3v) is 3.36. The summed E-state index contributed by atoms with van der Waals surface area (Å²) in [6, 6.07) is 10.2. The van der Waals surface area contributed by atoms with Gasteiger partial charge in [0.25, 0.3) is 11.8 Å². The predicted molar refractivity (Wildman–Crippen MR) is 83.5 cm³/mol. The number of hydrogen-bond acceptors (Lipinski definition) is 4. The summed E-state index contributed by atoms with van der Waals surface area (Å²) in [5.74, 6) is -2.91. The third-order valence-electron chi connectivity index (χ3n) is 2.87. The number of furan rings is 1. The zero-order valence-corrected chi connectivity index (χ0v) is 13.6. The zero-order chi connectivity index (χ0) is 16.9. The number of nitrogens with two attached hydrogens (primary N) is 1. The second kappa shape index (κ2) is 7.56. The van der Waals surface area contributed by atoms with Crippen molar-refractivity contribution >= 4 is 21.8 Å². The van der Waals surface area contributed by atoms with Gasteiger partial charge in [-0.3, -0.25) is 4.79 Å². The van der Waals surface area contributed by atoms with E-state index in [2.05, 4.69) is 21.2 Å². The molecule has 2 aromatic rings. The molecule has 8 heteroatoms. The topological polar surface area (TPSA) is 77.5 Å². The maximum atomic E-state index is 13.0. The highest BCUT2D eigenvalue weighted by molar-refractivity contribution is 9.10. The molecule has 3 N–H and O–H groups in total. The third kappa shape index (κ3) is 5.33. The molecule has 0 aliphatic heterocycles. The fraction of sp³-hybridized carbons (Fsp3) is 0.267. The highest BCUT2D eigenvalue weighted by Crippen LogP contribution is 2.19. The van der Waals surface area contributed by atoms with Crippen LogP contribution in [0.1, 0.15) is 16.3 Å². The molecule has 0 unspecified atom stereocenters. The van der Waals surface area contributed by atoms with Crippen LogP contribution in [0.2, 0.25) is 0 Å². The van der Waals surface area contributed by atoms with E-state index in [4.69, 9.17) is 14.9 Å². The molecule has 0 fully saturated rings. The van der Waals surface area contributed by atoms with E-state index in [1.165, 1.54) is 6.07 Å². The molecule has 2 rings (SSSR count). The van der Waals surface area contributed by atoms with Crippen molar-refractivity contribution < 1.29 is 22.7 Å². The molecule has 0 saturated heterocycles. The quantitative estimate of drug-likeness (QED) is 0.764. The molecule has 0 atom stereocenters. The van der Waals surface area contributed by atoms with Crippen LogP contribution in [0.25, 0.3) is 0 Å². The number of alkyl halides is 2. The Hall–Kier alpha value is -1.93. The molecule has 0 saturated carbocycles. The lowest BCUT2D eigenvalue weighted by Crippen LogP contribution is -2.41. The molecule has 5 nitrogen and oxygen atoms in total. The average Bonchev–Trinajstić information content (AvgIpc) is 3.00. The van der Waals surface area contributed by atoms with E-state index < -0.39 is 24.9 Å². The average molecular weight is 389 g/mol. The smallest absolute Gasteiger partial charge is 0.287 e. The first-order valence-electron chi connectivity index (χ1n) is 6.73. The van der Waals surface area contributed by atoms with Gasteiger partial charge in [0.1, 0.15) is 18.1 Å². The van der Waals surface area contributed by atoms with Gasteiger partial charge >= 0.3 is 0 Å². The van der Waals surface area contributed by atoms with Crippen molar-refractivity contribution in [3.63, 3.8) is 0 Å². The molecular formula is C15H15BrF2N2O3. The maximum absolute atomic E-state index is 13.0. The minimum Gasteiger partial charge on any atom is -0.486 e. The summed E-state index contributed by atoms with van der Waals surface area (Å²) in [6.45, 7) is -1.56. The standard InChI is InChI=1S/C15H15BrF2N2O3/c16-10-2-1-3-11(6-10)22-7-12-4-5-13(23-12)14(21)20-9-15(17,18)8-19/h1-6H,7-9,19H2,(H,20,21). The van der Waals surface area contributed by atoms with Crippen LogP contribution in [0.15, 0.2) is 45.3 Å². The van der Waals surface area contributed by atoms with Gasteiger partial charge in [-0.2, -0.15) is 0 Å². The van der Waals surface area contributed by atoms with Crippen LogP contribution in [0.5, 0.6) is 5.75 Å². The minimum absolute atomic E-state index is 0.0642. The molecule has 1 aromatic carbocycles. The molecule has 1 heterocycles. The first-order chi connectivity index (χ1) is 10.9. The van der Waals surface area contributed by atoms with Crippen LogP contribution in [0, 0.1) is 0 Å². The number of halogens is 3. The van der Waals surface area contributed by atoms with E-state index in [9.17, 15) is 13.6 Å². The largest absolute Gasteiger partial charge is 0.486 e. The van der Waals surface area contributed by atoms with Gasteiger partial charge in [-0.05, 0) is 30.3 Å². The SMILES string of the molecule is NCC(F)(F)CNC(=O)c1ccc(COc2cccc(Br)c2)o1. The Labute approximate surface area is 139 Å². The van der Waals surface area contributed by atoms with E-state index in [1.807, 2.05) is 12.1 Å². The first kappa shape index (κ1) is 17.4. The molecule has 0 aliphatic carbocycles. The highest BCUT2D eigenvalue weighted by Gasteiger charge is 2.27. The van der Waals surface area contributed by atoms with Crippen LogP contribution in [-0.4, -0.2) is 24.9 Å².